The molecule has 7 heteroatoms. The van der Waals surface area contributed by atoms with Crippen LogP contribution in [-0.2, 0) is 21.2 Å². The smallest absolute Gasteiger partial charge is 0.253 e. The lowest BCUT2D eigenvalue weighted by Gasteiger charge is -2.18. The normalized spacial score (nSPS) is 11.4. The molecule has 1 amide bonds. The zero-order chi connectivity index (χ0) is 16.0. The van der Waals surface area contributed by atoms with Crippen molar-refractivity contribution in [2.45, 2.75) is 24.7 Å². The summed E-state index contributed by atoms with van der Waals surface area (Å²) < 4.78 is 28.1. The van der Waals surface area contributed by atoms with Crippen molar-refractivity contribution in [1.82, 2.24) is 4.90 Å². The second-order valence-electron chi connectivity index (χ2n) is 4.79. The van der Waals surface area contributed by atoms with Crippen LogP contribution in [0, 0.1) is 0 Å². The monoisotopic (exact) mass is 314 g/mol. The summed E-state index contributed by atoms with van der Waals surface area (Å²) in [5.41, 5.74) is 0.923. The van der Waals surface area contributed by atoms with Crippen molar-refractivity contribution in [3.05, 3.63) is 29.3 Å². The number of methoxy groups -OCH3 is 1. The van der Waals surface area contributed by atoms with E-state index in [9.17, 15) is 13.2 Å². The third-order valence-corrected chi connectivity index (χ3v) is 4.18. The van der Waals surface area contributed by atoms with Crippen molar-refractivity contribution in [3.8, 4) is 0 Å². The quantitative estimate of drug-likeness (QED) is 0.760. The highest BCUT2D eigenvalue weighted by Gasteiger charge is 2.18. The number of sulfonamides is 1. The molecule has 1 aromatic rings. The number of nitrogens with two attached hydrogens (primary N) is 1. The summed E-state index contributed by atoms with van der Waals surface area (Å²) in [5.74, 6) is -0.237. The number of carbonyl (C=O) groups is 1. The van der Waals surface area contributed by atoms with Crippen LogP contribution >= 0.6 is 0 Å². The van der Waals surface area contributed by atoms with Crippen molar-refractivity contribution in [2.75, 3.05) is 27.3 Å². The Hall–Kier alpha value is -1.44. The molecule has 6 nitrogen and oxygen atoms in total. The van der Waals surface area contributed by atoms with E-state index in [-0.39, 0.29) is 10.8 Å². The Morgan fingerprint density at radius 3 is 2.57 bits per heavy atom. The third-order valence-electron chi connectivity index (χ3n) is 3.19. The lowest BCUT2D eigenvalue weighted by Crippen LogP contribution is -2.28. The van der Waals surface area contributed by atoms with Crippen LogP contribution in [0.4, 0.5) is 0 Å². The maximum Gasteiger partial charge on any atom is 0.253 e. The summed E-state index contributed by atoms with van der Waals surface area (Å²) in [6.45, 7) is 2.93. The molecule has 0 radical (unpaired) electrons. The largest absolute Gasteiger partial charge is 0.385 e. The van der Waals surface area contributed by atoms with Gasteiger partial charge in [-0.2, -0.15) is 0 Å². The molecule has 0 saturated heterocycles. The van der Waals surface area contributed by atoms with Crippen molar-refractivity contribution in [3.63, 3.8) is 0 Å². The Kier molecular flexibility index (Phi) is 6.32. The molecule has 21 heavy (non-hydrogen) atoms. The molecular formula is C14H22N2O4S. The maximum absolute atomic E-state index is 12.3. The summed E-state index contributed by atoms with van der Waals surface area (Å²) in [6, 6.07) is 4.61. The van der Waals surface area contributed by atoms with E-state index in [1.54, 1.807) is 26.3 Å². The number of ether oxygens (including phenoxy) is 1. The van der Waals surface area contributed by atoms with Gasteiger partial charge < -0.3 is 9.64 Å². The zero-order valence-electron chi connectivity index (χ0n) is 12.6. The highest BCUT2D eigenvalue weighted by Crippen LogP contribution is 2.18. The SMILES string of the molecule is CCc1ccc(C(=O)N(C)CCCOC)cc1S(N)(=O)=O. The molecule has 0 atom stereocenters. The second-order valence-corrected chi connectivity index (χ2v) is 6.32. The molecule has 1 aromatic carbocycles. The van der Waals surface area contributed by atoms with Crippen LogP contribution in [0.15, 0.2) is 23.1 Å². The van der Waals surface area contributed by atoms with E-state index in [1.165, 1.54) is 11.0 Å². The molecule has 0 saturated carbocycles. The minimum Gasteiger partial charge on any atom is -0.385 e. The predicted molar refractivity (Wildman–Crippen MR) is 80.6 cm³/mol. The Labute approximate surface area is 125 Å². The molecule has 0 aromatic heterocycles. The van der Waals surface area contributed by atoms with Crippen LogP contribution in [0.25, 0.3) is 0 Å². The first kappa shape index (κ1) is 17.6. The summed E-state index contributed by atoms with van der Waals surface area (Å²) >= 11 is 0. The number of benzene rings is 1. The van der Waals surface area contributed by atoms with Gasteiger partial charge in [0.05, 0.1) is 4.90 Å². The minimum absolute atomic E-state index is 0.0149. The predicted octanol–water partition coefficient (Wildman–Crippen LogP) is 1.00. The molecular weight excluding hydrogens is 292 g/mol. The fourth-order valence-corrected chi connectivity index (χ4v) is 2.88. The van der Waals surface area contributed by atoms with E-state index in [2.05, 4.69) is 0 Å². The van der Waals surface area contributed by atoms with Crippen molar-refractivity contribution >= 4 is 15.9 Å². The Balaban J connectivity index is 3.01. The van der Waals surface area contributed by atoms with E-state index in [4.69, 9.17) is 9.88 Å². The molecule has 1 rings (SSSR count). The molecule has 0 aliphatic carbocycles. The van der Waals surface area contributed by atoms with Gasteiger partial charge in [0.2, 0.25) is 10.0 Å². The topological polar surface area (TPSA) is 89.7 Å². The maximum atomic E-state index is 12.3. The molecule has 0 bridgehead atoms. The Bertz CT molecular complexity index is 599. The molecule has 0 fully saturated rings. The summed E-state index contributed by atoms with van der Waals surface area (Å²) in [4.78, 5) is 13.8. The fourth-order valence-electron chi connectivity index (χ4n) is 2.01. The molecule has 0 spiro atoms. The Morgan fingerprint density at radius 1 is 1.38 bits per heavy atom. The number of rotatable bonds is 7. The Morgan fingerprint density at radius 2 is 2.05 bits per heavy atom. The fraction of sp³-hybridized carbons (Fsp3) is 0.500. The molecule has 0 heterocycles. The van der Waals surface area contributed by atoms with Gasteiger partial charge in [-0.3, -0.25) is 4.79 Å². The van der Waals surface area contributed by atoms with Crippen LogP contribution in [0.5, 0.6) is 0 Å². The standard InChI is InChI=1S/C14H22N2O4S/c1-4-11-6-7-12(10-13(11)21(15,18)19)14(17)16(2)8-5-9-20-3/h6-7,10H,4-5,8-9H2,1-3H3,(H2,15,18,19). The third kappa shape index (κ3) is 4.80. The average molecular weight is 314 g/mol. The van der Waals surface area contributed by atoms with Crippen molar-refractivity contribution < 1.29 is 17.9 Å². The summed E-state index contributed by atoms with van der Waals surface area (Å²) in [6.07, 6.45) is 1.25. The van der Waals surface area contributed by atoms with Crippen LogP contribution in [0.2, 0.25) is 0 Å². The molecule has 2 N–H and O–H groups in total. The first-order chi connectivity index (χ1) is 9.81. The van der Waals surface area contributed by atoms with Gasteiger partial charge in [-0.25, -0.2) is 13.6 Å². The van der Waals surface area contributed by atoms with Gasteiger partial charge in [0, 0.05) is 32.9 Å². The van der Waals surface area contributed by atoms with Crippen LogP contribution < -0.4 is 5.14 Å². The van der Waals surface area contributed by atoms with Gasteiger partial charge in [-0.1, -0.05) is 13.0 Å². The minimum atomic E-state index is -3.84. The van der Waals surface area contributed by atoms with Crippen molar-refractivity contribution in [2.24, 2.45) is 5.14 Å². The average Bonchev–Trinajstić information content (AvgIpc) is 2.45. The van der Waals surface area contributed by atoms with Gasteiger partial charge >= 0.3 is 0 Å². The van der Waals surface area contributed by atoms with Gasteiger partial charge in [0.25, 0.3) is 5.91 Å². The van der Waals surface area contributed by atoms with Gasteiger partial charge in [-0.05, 0) is 30.5 Å². The molecule has 118 valence electrons. The van der Waals surface area contributed by atoms with E-state index < -0.39 is 10.0 Å². The number of aryl methyl sites for hydroxylation is 1. The number of carbonyl (C=O) groups excluding carboxylic acids is 1. The molecule has 0 unspecified atom stereocenters. The first-order valence-electron chi connectivity index (χ1n) is 6.71. The number of nitrogens with zero attached hydrogens (tertiary/aromatic N) is 1. The van der Waals surface area contributed by atoms with Crippen LogP contribution in [-0.4, -0.2) is 46.5 Å². The second kappa shape index (κ2) is 7.53. The number of primary sulfonamides is 1. The lowest BCUT2D eigenvalue weighted by atomic mass is 10.1. The molecule has 0 aliphatic heterocycles. The van der Waals surface area contributed by atoms with Crippen molar-refractivity contribution in [1.29, 1.82) is 0 Å². The first-order valence-corrected chi connectivity index (χ1v) is 8.26. The van der Waals surface area contributed by atoms with E-state index in [0.717, 1.165) is 0 Å². The number of hydrogen-bond donors (Lipinski definition) is 1. The zero-order valence-corrected chi connectivity index (χ0v) is 13.4. The number of amides is 1. The van der Waals surface area contributed by atoms with Crippen LogP contribution in [0.1, 0.15) is 29.3 Å². The molecule has 0 aliphatic rings. The van der Waals surface area contributed by atoms with Gasteiger partial charge in [0.15, 0.2) is 0 Å². The van der Waals surface area contributed by atoms with Gasteiger partial charge in [-0.15, -0.1) is 0 Å². The van der Waals surface area contributed by atoms with Gasteiger partial charge in [0.1, 0.15) is 0 Å². The lowest BCUT2D eigenvalue weighted by molar-refractivity contribution is 0.0779. The van der Waals surface area contributed by atoms with E-state index >= 15 is 0 Å². The summed E-state index contributed by atoms with van der Waals surface area (Å²) in [5, 5.41) is 5.21. The number of hydrogen-bond acceptors (Lipinski definition) is 4. The van der Waals surface area contributed by atoms with E-state index in [1.807, 2.05) is 6.92 Å². The highest BCUT2D eigenvalue weighted by molar-refractivity contribution is 7.89. The highest BCUT2D eigenvalue weighted by atomic mass is 32.2. The van der Waals surface area contributed by atoms with Crippen LogP contribution in [0.3, 0.4) is 0 Å². The van der Waals surface area contributed by atoms with E-state index in [0.29, 0.717) is 37.1 Å². The summed E-state index contributed by atoms with van der Waals surface area (Å²) in [7, 11) is -0.569.